The largest absolute Gasteiger partial charge is 0.412 e. The molecule has 0 spiro atoms. The Balaban J connectivity index is 4.35. The Hall–Kier alpha value is -0.800. The molecule has 0 radical (unpaired) electrons. The molecule has 0 aliphatic carbocycles. The summed E-state index contributed by atoms with van der Waals surface area (Å²) in [6, 6.07) is 0. The van der Waals surface area contributed by atoms with Crippen molar-refractivity contribution in [2.75, 3.05) is 0 Å². The lowest BCUT2D eigenvalue weighted by molar-refractivity contribution is -0.114. The third kappa shape index (κ3) is 3.27. The van der Waals surface area contributed by atoms with E-state index in [1.54, 1.807) is 0 Å². The summed E-state index contributed by atoms with van der Waals surface area (Å²) in [4.78, 5) is 10.1. The zero-order valence-electron chi connectivity index (χ0n) is 5.62. The fraction of sp³-hybridized carbons (Fsp3) is 0.500. The summed E-state index contributed by atoms with van der Waals surface area (Å²) < 4.78 is 34.8. The van der Waals surface area contributed by atoms with Crippen LogP contribution in [0.25, 0.3) is 0 Å². The maximum absolute atomic E-state index is 11.6. The van der Waals surface area contributed by atoms with Gasteiger partial charge in [0.25, 0.3) is 0 Å². The van der Waals surface area contributed by atoms with Crippen molar-refractivity contribution in [3.63, 3.8) is 0 Å². The minimum atomic E-state index is -4.37. The molecule has 0 aromatic carbocycles. The second kappa shape index (κ2) is 2.86. The molecular weight excluding hydrogens is 145 g/mol. The van der Waals surface area contributed by atoms with Crippen molar-refractivity contribution in [1.82, 2.24) is 0 Å². The molecule has 0 saturated carbocycles. The summed E-state index contributed by atoms with van der Waals surface area (Å²) in [6.45, 7) is 1.94. The van der Waals surface area contributed by atoms with Gasteiger partial charge in [-0.05, 0) is 19.9 Å². The van der Waals surface area contributed by atoms with Gasteiger partial charge in [-0.2, -0.15) is 13.2 Å². The minimum absolute atomic E-state index is 0.569. The number of rotatable bonds is 1. The van der Waals surface area contributed by atoms with Gasteiger partial charge in [-0.3, -0.25) is 4.79 Å². The molecule has 0 unspecified atom stereocenters. The fourth-order valence-electron chi connectivity index (χ4n) is 0.387. The summed E-state index contributed by atoms with van der Waals surface area (Å²) in [7, 11) is 0. The van der Waals surface area contributed by atoms with Gasteiger partial charge in [0.1, 0.15) is 0 Å². The smallest absolute Gasteiger partial charge is 0.295 e. The van der Waals surface area contributed by atoms with Crippen molar-refractivity contribution < 1.29 is 18.0 Å². The molecule has 0 saturated heterocycles. The van der Waals surface area contributed by atoms with Gasteiger partial charge in [0.15, 0.2) is 5.78 Å². The molecular formula is C6H7F3O. The number of carbonyl (C=O) groups is 1. The van der Waals surface area contributed by atoms with E-state index >= 15 is 0 Å². The molecule has 0 aromatic rings. The molecule has 0 fully saturated rings. The Morgan fingerprint density at radius 3 is 1.80 bits per heavy atom. The standard InChI is InChI=1S/C6H7F3O/c1-4(3-5(2)10)6(7,8)9/h3H,1-2H3/b4-3+. The van der Waals surface area contributed by atoms with Crippen LogP contribution in [0.15, 0.2) is 11.6 Å². The van der Waals surface area contributed by atoms with Gasteiger partial charge in [0, 0.05) is 5.57 Å². The lowest BCUT2D eigenvalue weighted by atomic mass is 10.2. The summed E-state index contributed by atoms with van der Waals surface area (Å²) in [5, 5.41) is 0. The van der Waals surface area contributed by atoms with Crippen LogP contribution in [0.4, 0.5) is 13.2 Å². The number of alkyl halides is 3. The molecule has 10 heavy (non-hydrogen) atoms. The summed E-state index contributed by atoms with van der Waals surface area (Å²) >= 11 is 0. The molecule has 4 heteroatoms. The van der Waals surface area contributed by atoms with Gasteiger partial charge in [-0.15, -0.1) is 0 Å². The van der Waals surface area contributed by atoms with Crippen LogP contribution in [0.3, 0.4) is 0 Å². The van der Waals surface area contributed by atoms with Crippen LogP contribution >= 0.6 is 0 Å². The normalized spacial score (nSPS) is 13.5. The second-order valence-electron chi connectivity index (χ2n) is 1.94. The van der Waals surface area contributed by atoms with Crippen molar-refractivity contribution in [1.29, 1.82) is 0 Å². The number of ketones is 1. The molecule has 58 valence electrons. The third-order valence-corrected chi connectivity index (χ3v) is 0.867. The maximum Gasteiger partial charge on any atom is 0.412 e. The molecule has 0 rings (SSSR count). The summed E-state index contributed by atoms with van der Waals surface area (Å²) in [5.41, 5.74) is -0.861. The third-order valence-electron chi connectivity index (χ3n) is 0.867. The van der Waals surface area contributed by atoms with E-state index in [1.807, 2.05) is 0 Å². The summed E-state index contributed by atoms with van der Waals surface area (Å²) in [5.74, 6) is -0.588. The quantitative estimate of drug-likeness (QED) is 0.526. The Labute approximate surface area is 56.5 Å². The van der Waals surface area contributed by atoms with Gasteiger partial charge < -0.3 is 0 Å². The molecule has 0 N–H and O–H groups in total. The van der Waals surface area contributed by atoms with Crippen LogP contribution in [0.1, 0.15) is 13.8 Å². The SMILES string of the molecule is CC(=O)/C=C(\C)C(F)(F)F. The number of carbonyl (C=O) groups excluding carboxylic acids is 1. The highest BCUT2D eigenvalue weighted by Crippen LogP contribution is 2.24. The predicted octanol–water partition coefficient (Wildman–Crippen LogP) is 2.08. The van der Waals surface area contributed by atoms with E-state index < -0.39 is 17.5 Å². The highest BCUT2D eigenvalue weighted by molar-refractivity contribution is 5.88. The number of hydrogen-bond acceptors (Lipinski definition) is 1. The first-order chi connectivity index (χ1) is 4.34. The molecule has 0 aliphatic rings. The van der Waals surface area contributed by atoms with E-state index in [-0.39, 0.29) is 0 Å². The van der Waals surface area contributed by atoms with E-state index in [2.05, 4.69) is 0 Å². The highest BCUT2D eigenvalue weighted by atomic mass is 19.4. The first-order valence-electron chi connectivity index (χ1n) is 2.60. The molecule has 0 bridgehead atoms. The van der Waals surface area contributed by atoms with Crippen molar-refractivity contribution in [3.8, 4) is 0 Å². The van der Waals surface area contributed by atoms with E-state index in [4.69, 9.17) is 0 Å². The van der Waals surface area contributed by atoms with E-state index in [1.165, 1.54) is 0 Å². The van der Waals surface area contributed by atoms with Gasteiger partial charge in [0.05, 0.1) is 0 Å². The average Bonchev–Trinajstić information content (AvgIpc) is 1.60. The molecule has 0 heterocycles. The Morgan fingerprint density at radius 1 is 1.30 bits per heavy atom. The van der Waals surface area contributed by atoms with Gasteiger partial charge in [-0.25, -0.2) is 0 Å². The highest BCUT2D eigenvalue weighted by Gasteiger charge is 2.29. The van der Waals surface area contributed by atoms with Gasteiger partial charge in [-0.1, -0.05) is 0 Å². The van der Waals surface area contributed by atoms with Crippen LogP contribution in [0.2, 0.25) is 0 Å². The fourth-order valence-corrected chi connectivity index (χ4v) is 0.387. The van der Waals surface area contributed by atoms with Crippen molar-refractivity contribution >= 4 is 5.78 Å². The molecule has 0 aromatic heterocycles. The van der Waals surface area contributed by atoms with E-state index in [9.17, 15) is 18.0 Å². The number of halogens is 3. The number of allylic oxidation sites excluding steroid dienone is 2. The first kappa shape index (κ1) is 9.20. The monoisotopic (exact) mass is 152 g/mol. The number of hydrogen-bond donors (Lipinski definition) is 0. The van der Waals surface area contributed by atoms with Crippen LogP contribution in [-0.2, 0) is 4.79 Å². The Morgan fingerprint density at radius 2 is 1.70 bits per heavy atom. The summed E-state index contributed by atoms with van der Waals surface area (Å²) in [6.07, 6.45) is -3.80. The van der Waals surface area contributed by atoms with Crippen LogP contribution in [0, 0.1) is 0 Å². The second-order valence-corrected chi connectivity index (χ2v) is 1.94. The van der Waals surface area contributed by atoms with E-state index in [0.717, 1.165) is 13.8 Å². The van der Waals surface area contributed by atoms with Gasteiger partial charge in [0.2, 0.25) is 0 Å². The molecule has 0 atom stereocenters. The Kier molecular flexibility index (Phi) is 2.63. The first-order valence-corrected chi connectivity index (χ1v) is 2.60. The topological polar surface area (TPSA) is 17.1 Å². The maximum atomic E-state index is 11.6. The van der Waals surface area contributed by atoms with Crippen molar-refractivity contribution in [2.45, 2.75) is 20.0 Å². The zero-order valence-corrected chi connectivity index (χ0v) is 5.62. The van der Waals surface area contributed by atoms with E-state index in [0.29, 0.717) is 6.08 Å². The minimum Gasteiger partial charge on any atom is -0.295 e. The molecule has 1 nitrogen and oxygen atoms in total. The van der Waals surface area contributed by atoms with Crippen LogP contribution in [0.5, 0.6) is 0 Å². The van der Waals surface area contributed by atoms with Crippen LogP contribution in [-0.4, -0.2) is 12.0 Å². The Bertz CT molecular complexity index is 166. The van der Waals surface area contributed by atoms with Crippen molar-refractivity contribution in [3.05, 3.63) is 11.6 Å². The molecule has 0 aliphatic heterocycles. The average molecular weight is 152 g/mol. The molecule has 0 amide bonds. The lowest BCUT2D eigenvalue weighted by Crippen LogP contribution is -2.09. The predicted molar refractivity (Wildman–Crippen MR) is 30.5 cm³/mol. The zero-order chi connectivity index (χ0) is 8.36. The van der Waals surface area contributed by atoms with Gasteiger partial charge >= 0.3 is 6.18 Å². The lowest BCUT2D eigenvalue weighted by Gasteiger charge is -2.03. The van der Waals surface area contributed by atoms with Crippen molar-refractivity contribution in [2.24, 2.45) is 0 Å². The van der Waals surface area contributed by atoms with Crippen LogP contribution < -0.4 is 0 Å².